The van der Waals surface area contributed by atoms with Gasteiger partial charge in [0.25, 0.3) is 0 Å². The molecule has 0 aromatic rings. The fraction of sp³-hybridized carbons (Fsp3) is 1.00. The molecule has 0 spiro atoms. The largest absolute Gasteiger partial charge is 0.376 e. The second-order valence-electron chi connectivity index (χ2n) is 5.44. The van der Waals surface area contributed by atoms with E-state index in [9.17, 15) is 0 Å². The standard InChI is InChI=1S/C12H22N2O/c1-2-8-6-14(7-8)11-10(13)9-4-3-5-15-12(9)11/h8-12H,2-7,13H2,1H3. The monoisotopic (exact) mass is 210 g/mol. The summed E-state index contributed by atoms with van der Waals surface area (Å²) in [6.07, 6.45) is 4.27. The molecule has 1 saturated carbocycles. The van der Waals surface area contributed by atoms with Crippen molar-refractivity contribution in [2.75, 3.05) is 19.7 Å². The van der Waals surface area contributed by atoms with Gasteiger partial charge in [0, 0.05) is 31.7 Å². The minimum atomic E-state index is 0.383. The van der Waals surface area contributed by atoms with Crippen LogP contribution in [0.2, 0.25) is 0 Å². The first-order chi connectivity index (χ1) is 7.31. The van der Waals surface area contributed by atoms with Gasteiger partial charge in [0.2, 0.25) is 0 Å². The molecule has 3 nitrogen and oxygen atoms in total. The third-order valence-electron chi connectivity index (χ3n) is 4.62. The van der Waals surface area contributed by atoms with Crippen LogP contribution in [0.1, 0.15) is 26.2 Å². The number of likely N-dealkylation sites (tertiary alicyclic amines) is 1. The first-order valence-electron chi connectivity index (χ1n) is 6.42. The summed E-state index contributed by atoms with van der Waals surface area (Å²) in [5.74, 6) is 1.57. The molecule has 3 rings (SSSR count). The topological polar surface area (TPSA) is 38.5 Å². The van der Waals surface area contributed by atoms with E-state index in [0.29, 0.717) is 24.1 Å². The highest BCUT2D eigenvalue weighted by atomic mass is 16.5. The summed E-state index contributed by atoms with van der Waals surface area (Å²) >= 11 is 0. The minimum absolute atomic E-state index is 0.383. The summed E-state index contributed by atoms with van der Waals surface area (Å²) in [6.45, 7) is 5.74. The number of hydrogen-bond donors (Lipinski definition) is 1. The molecule has 1 aliphatic carbocycles. The Bertz CT molecular complexity index is 240. The molecule has 0 aromatic heterocycles. The van der Waals surface area contributed by atoms with Crippen LogP contribution in [-0.2, 0) is 4.74 Å². The van der Waals surface area contributed by atoms with Crippen molar-refractivity contribution >= 4 is 0 Å². The number of hydrogen-bond acceptors (Lipinski definition) is 3. The van der Waals surface area contributed by atoms with E-state index in [-0.39, 0.29) is 0 Å². The summed E-state index contributed by atoms with van der Waals surface area (Å²) in [5.41, 5.74) is 6.25. The van der Waals surface area contributed by atoms with E-state index in [1.807, 2.05) is 0 Å². The van der Waals surface area contributed by atoms with E-state index in [4.69, 9.17) is 10.5 Å². The lowest BCUT2D eigenvalue weighted by molar-refractivity contribution is -0.173. The Kier molecular flexibility index (Phi) is 2.49. The second-order valence-corrected chi connectivity index (χ2v) is 5.44. The third-order valence-corrected chi connectivity index (χ3v) is 4.62. The highest BCUT2D eigenvalue weighted by Crippen LogP contribution is 2.42. The molecule has 3 fully saturated rings. The van der Waals surface area contributed by atoms with Crippen LogP contribution in [0.3, 0.4) is 0 Å². The molecule has 86 valence electrons. The summed E-state index contributed by atoms with van der Waals surface area (Å²) in [6, 6.07) is 0.922. The predicted octanol–water partition coefficient (Wildman–Crippen LogP) is 0.833. The van der Waals surface area contributed by atoms with Crippen LogP contribution in [0.15, 0.2) is 0 Å². The summed E-state index contributed by atoms with van der Waals surface area (Å²) in [4.78, 5) is 2.55. The molecule has 2 heterocycles. The van der Waals surface area contributed by atoms with Crippen LogP contribution < -0.4 is 5.73 Å². The lowest BCUT2D eigenvalue weighted by Gasteiger charge is -2.59. The predicted molar refractivity (Wildman–Crippen MR) is 59.6 cm³/mol. The van der Waals surface area contributed by atoms with Crippen LogP contribution in [-0.4, -0.2) is 42.8 Å². The van der Waals surface area contributed by atoms with Crippen molar-refractivity contribution in [2.24, 2.45) is 17.6 Å². The van der Waals surface area contributed by atoms with Crippen LogP contribution in [0, 0.1) is 11.8 Å². The molecule has 2 saturated heterocycles. The number of fused-ring (bicyclic) bond motifs is 1. The van der Waals surface area contributed by atoms with Crippen LogP contribution in [0.4, 0.5) is 0 Å². The van der Waals surface area contributed by atoms with Gasteiger partial charge in [0.1, 0.15) is 0 Å². The molecule has 0 amide bonds. The molecule has 3 aliphatic rings. The quantitative estimate of drug-likeness (QED) is 0.734. The summed E-state index contributed by atoms with van der Waals surface area (Å²) < 4.78 is 5.86. The third kappa shape index (κ3) is 1.44. The molecule has 0 radical (unpaired) electrons. The highest BCUT2D eigenvalue weighted by Gasteiger charge is 2.54. The van der Waals surface area contributed by atoms with Crippen molar-refractivity contribution in [3.05, 3.63) is 0 Å². The van der Waals surface area contributed by atoms with Crippen molar-refractivity contribution in [1.82, 2.24) is 4.90 Å². The molecular formula is C12H22N2O. The van der Waals surface area contributed by atoms with Gasteiger partial charge in [0.05, 0.1) is 12.1 Å². The number of rotatable bonds is 2. The maximum absolute atomic E-state index is 6.25. The molecule has 2 N–H and O–H groups in total. The SMILES string of the molecule is CCC1CN(C2C(N)C3CCCOC32)C1. The van der Waals surface area contributed by atoms with Crippen molar-refractivity contribution in [3.8, 4) is 0 Å². The number of nitrogens with zero attached hydrogens (tertiary/aromatic N) is 1. The molecule has 0 bridgehead atoms. The first kappa shape index (κ1) is 10.1. The van der Waals surface area contributed by atoms with Crippen molar-refractivity contribution in [1.29, 1.82) is 0 Å². The lowest BCUT2D eigenvalue weighted by Crippen LogP contribution is -2.75. The maximum atomic E-state index is 6.25. The van der Waals surface area contributed by atoms with Crippen molar-refractivity contribution in [3.63, 3.8) is 0 Å². The van der Waals surface area contributed by atoms with E-state index in [2.05, 4.69) is 11.8 Å². The average Bonchev–Trinajstić information content (AvgIpc) is 2.22. The fourth-order valence-corrected chi connectivity index (χ4v) is 3.48. The maximum Gasteiger partial charge on any atom is 0.0788 e. The van der Waals surface area contributed by atoms with Crippen LogP contribution >= 0.6 is 0 Å². The molecule has 15 heavy (non-hydrogen) atoms. The van der Waals surface area contributed by atoms with Crippen LogP contribution in [0.5, 0.6) is 0 Å². The average molecular weight is 210 g/mol. The van der Waals surface area contributed by atoms with Gasteiger partial charge in [-0.2, -0.15) is 0 Å². The molecule has 3 heteroatoms. The zero-order chi connectivity index (χ0) is 10.4. The van der Waals surface area contributed by atoms with E-state index in [0.717, 1.165) is 12.5 Å². The molecule has 4 atom stereocenters. The Morgan fingerprint density at radius 1 is 1.40 bits per heavy atom. The first-order valence-corrected chi connectivity index (χ1v) is 6.42. The van der Waals surface area contributed by atoms with E-state index in [1.54, 1.807) is 0 Å². The Morgan fingerprint density at radius 2 is 2.20 bits per heavy atom. The smallest absolute Gasteiger partial charge is 0.0788 e. The van der Waals surface area contributed by atoms with Gasteiger partial charge in [-0.25, -0.2) is 0 Å². The fourth-order valence-electron chi connectivity index (χ4n) is 3.48. The summed E-state index contributed by atoms with van der Waals surface area (Å²) in [7, 11) is 0. The highest BCUT2D eigenvalue weighted by molar-refractivity contribution is 5.10. The Hall–Kier alpha value is -0.120. The second kappa shape index (κ2) is 3.72. The lowest BCUT2D eigenvalue weighted by atomic mass is 9.67. The molecule has 4 unspecified atom stereocenters. The zero-order valence-corrected chi connectivity index (χ0v) is 9.56. The van der Waals surface area contributed by atoms with Gasteiger partial charge in [0.15, 0.2) is 0 Å². The van der Waals surface area contributed by atoms with Gasteiger partial charge in [-0.15, -0.1) is 0 Å². The van der Waals surface area contributed by atoms with E-state index in [1.165, 1.54) is 32.4 Å². The van der Waals surface area contributed by atoms with Crippen molar-refractivity contribution in [2.45, 2.75) is 44.4 Å². The van der Waals surface area contributed by atoms with Crippen LogP contribution in [0.25, 0.3) is 0 Å². The van der Waals surface area contributed by atoms with E-state index < -0.39 is 0 Å². The van der Waals surface area contributed by atoms with Gasteiger partial charge < -0.3 is 10.5 Å². The Labute approximate surface area is 91.9 Å². The van der Waals surface area contributed by atoms with Gasteiger partial charge in [-0.1, -0.05) is 13.3 Å². The van der Waals surface area contributed by atoms with Crippen molar-refractivity contribution < 1.29 is 4.74 Å². The molecular weight excluding hydrogens is 188 g/mol. The number of ether oxygens (including phenoxy) is 1. The minimum Gasteiger partial charge on any atom is -0.376 e. The Balaban J connectivity index is 1.58. The van der Waals surface area contributed by atoms with E-state index >= 15 is 0 Å². The van der Waals surface area contributed by atoms with Gasteiger partial charge >= 0.3 is 0 Å². The zero-order valence-electron chi connectivity index (χ0n) is 9.56. The van der Waals surface area contributed by atoms with Gasteiger partial charge in [-0.3, -0.25) is 4.90 Å². The summed E-state index contributed by atoms with van der Waals surface area (Å²) in [5, 5.41) is 0. The Morgan fingerprint density at radius 3 is 2.93 bits per heavy atom. The molecule has 0 aromatic carbocycles. The normalized spacial score (nSPS) is 46.8. The number of nitrogens with two attached hydrogens (primary N) is 1. The molecule has 2 aliphatic heterocycles. The van der Waals surface area contributed by atoms with Gasteiger partial charge in [-0.05, 0) is 18.8 Å².